The highest BCUT2D eigenvalue weighted by molar-refractivity contribution is 9.10. The zero-order valence-corrected chi connectivity index (χ0v) is 12.8. The lowest BCUT2D eigenvalue weighted by molar-refractivity contribution is 0.176. The first-order valence-electron chi connectivity index (χ1n) is 5.99. The number of benzene rings is 1. The van der Waals surface area contributed by atoms with Gasteiger partial charge < -0.3 is 5.11 Å². The molecule has 0 bridgehead atoms. The standard InChI is InChI=1S/C14H13BrN2OS/c1-9-3-2-4-11(13(9)15)12(18)7-10-8-17-5-6-19-14(17)16-10/h2-6,8,12,18H,7H2,1H3. The summed E-state index contributed by atoms with van der Waals surface area (Å²) in [5.74, 6) is 0. The molecule has 0 amide bonds. The fraction of sp³-hybridized carbons (Fsp3) is 0.214. The zero-order chi connectivity index (χ0) is 13.4. The molecule has 98 valence electrons. The van der Waals surface area contributed by atoms with Crippen molar-refractivity contribution in [2.75, 3.05) is 0 Å². The monoisotopic (exact) mass is 336 g/mol. The maximum atomic E-state index is 10.4. The molecule has 19 heavy (non-hydrogen) atoms. The Morgan fingerprint density at radius 2 is 2.32 bits per heavy atom. The van der Waals surface area contributed by atoms with Gasteiger partial charge in [-0.25, -0.2) is 4.98 Å². The molecule has 3 nitrogen and oxygen atoms in total. The van der Waals surface area contributed by atoms with E-state index in [9.17, 15) is 5.11 Å². The Kier molecular flexibility index (Phi) is 3.43. The molecule has 0 spiro atoms. The summed E-state index contributed by atoms with van der Waals surface area (Å²) in [6, 6.07) is 5.93. The van der Waals surface area contributed by atoms with Gasteiger partial charge in [-0.05, 0) is 18.1 Å². The van der Waals surface area contributed by atoms with Crippen LogP contribution in [0.25, 0.3) is 4.96 Å². The van der Waals surface area contributed by atoms with Crippen molar-refractivity contribution in [1.82, 2.24) is 9.38 Å². The van der Waals surface area contributed by atoms with E-state index in [1.807, 2.05) is 47.3 Å². The van der Waals surface area contributed by atoms with Gasteiger partial charge in [-0.3, -0.25) is 4.40 Å². The van der Waals surface area contributed by atoms with Crippen LogP contribution < -0.4 is 0 Å². The van der Waals surface area contributed by atoms with Gasteiger partial charge in [-0.15, -0.1) is 11.3 Å². The van der Waals surface area contributed by atoms with Crippen LogP contribution in [0.1, 0.15) is 22.9 Å². The average molecular weight is 337 g/mol. The van der Waals surface area contributed by atoms with Gasteiger partial charge >= 0.3 is 0 Å². The number of hydrogen-bond donors (Lipinski definition) is 1. The van der Waals surface area contributed by atoms with Gasteiger partial charge in [0.25, 0.3) is 0 Å². The molecule has 3 aromatic rings. The van der Waals surface area contributed by atoms with E-state index in [1.165, 1.54) is 0 Å². The summed E-state index contributed by atoms with van der Waals surface area (Å²) in [6.07, 6.45) is 3.93. The number of fused-ring (bicyclic) bond motifs is 1. The number of aryl methyl sites for hydroxylation is 1. The summed E-state index contributed by atoms with van der Waals surface area (Å²) in [5, 5.41) is 12.4. The minimum atomic E-state index is -0.543. The number of thiazole rings is 1. The van der Waals surface area contributed by atoms with Crippen LogP contribution in [0.4, 0.5) is 0 Å². The predicted octanol–water partition coefficient (Wildman–Crippen LogP) is 3.74. The lowest BCUT2D eigenvalue weighted by Gasteiger charge is -2.13. The van der Waals surface area contributed by atoms with Gasteiger partial charge in [-0.2, -0.15) is 0 Å². The number of rotatable bonds is 3. The topological polar surface area (TPSA) is 37.5 Å². The average Bonchev–Trinajstić information content (AvgIpc) is 2.93. The lowest BCUT2D eigenvalue weighted by atomic mass is 10.0. The van der Waals surface area contributed by atoms with Crippen molar-refractivity contribution in [3.63, 3.8) is 0 Å². The molecule has 0 aliphatic heterocycles. The molecule has 2 aromatic heterocycles. The summed E-state index contributed by atoms with van der Waals surface area (Å²) in [5.41, 5.74) is 2.95. The highest BCUT2D eigenvalue weighted by atomic mass is 79.9. The lowest BCUT2D eigenvalue weighted by Crippen LogP contribution is -2.03. The Morgan fingerprint density at radius 1 is 1.47 bits per heavy atom. The van der Waals surface area contributed by atoms with Crippen molar-refractivity contribution in [1.29, 1.82) is 0 Å². The summed E-state index contributed by atoms with van der Waals surface area (Å²) in [6.45, 7) is 2.02. The van der Waals surface area contributed by atoms with Crippen molar-refractivity contribution in [3.05, 3.63) is 57.3 Å². The number of nitrogens with zero attached hydrogens (tertiary/aromatic N) is 2. The van der Waals surface area contributed by atoms with Crippen LogP contribution in [0.3, 0.4) is 0 Å². The Hall–Kier alpha value is -1.17. The first kappa shape index (κ1) is 12.8. The Morgan fingerprint density at radius 3 is 3.11 bits per heavy atom. The van der Waals surface area contributed by atoms with Crippen LogP contribution in [-0.4, -0.2) is 14.5 Å². The fourth-order valence-electron chi connectivity index (χ4n) is 2.11. The molecule has 0 saturated heterocycles. The molecule has 0 aliphatic rings. The molecule has 1 N–H and O–H groups in total. The second-order valence-corrected chi connectivity index (χ2v) is 6.19. The maximum absolute atomic E-state index is 10.4. The van der Waals surface area contributed by atoms with E-state index >= 15 is 0 Å². The van der Waals surface area contributed by atoms with E-state index < -0.39 is 6.10 Å². The Labute approximate surface area is 123 Å². The molecule has 1 unspecified atom stereocenters. The van der Waals surface area contributed by atoms with Gasteiger partial charge in [0.1, 0.15) is 0 Å². The molecule has 5 heteroatoms. The molecule has 0 fully saturated rings. The van der Waals surface area contributed by atoms with Crippen molar-refractivity contribution in [2.24, 2.45) is 0 Å². The first-order chi connectivity index (χ1) is 9.15. The molecule has 0 aliphatic carbocycles. The zero-order valence-electron chi connectivity index (χ0n) is 10.4. The normalized spacial score (nSPS) is 13.0. The molecule has 0 radical (unpaired) electrons. The summed E-state index contributed by atoms with van der Waals surface area (Å²) < 4.78 is 2.96. The third-order valence-corrected chi connectivity index (χ3v) is 4.98. The van der Waals surface area contributed by atoms with Gasteiger partial charge in [-0.1, -0.05) is 34.1 Å². The van der Waals surface area contributed by atoms with Gasteiger partial charge in [0.15, 0.2) is 4.96 Å². The van der Waals surface area contributed by atoms with Crippen molar-refractivity contribution < 1.29 is 5.11 Å². The second-order valence-electron chi connectivity index (χ2n) is 4.52. The minimum Gasteiger partial charge on any atom is -0.388 e. The van der Waals surface area contributed by atoms with E-state index in [2.05, 4.69) is 20.9 Å². The highest BCUT2D eigenvalue weighted by Crippen LogP contribution is 2.28. The number of aromatic nitrogens is 2. The van der Waals surface area contributed by atoms with Gasteiger partial charge in [0.05, 0.1) is 11.8 Å². The van der Waals surface area contributed by atoms with Gasteiger partial charge in [0, 0.05) is 28.7 Å². The van der Waals surface area contributed by atoms with Crippen LogP contribution in [0, 0.1) is 6.92 Å². The van der Waals surface area contributed by atoms with Crippen molar-refractivity contribution in [2.45, 2.75) is 19.4 Å². The Bertz CT molecular complexity index is 691. The molecule has 3 rings (SSSR count). The quantitative estimate of drug-likeness (QED) is 0.791. The summed E-state index contributed by atoms with van der Waals surface area (Å²) in [4.78, 5) is 5.46. The van der Waals surface area contributed by atoms with Crippen molar-refractivity contribution in [3.8, 4) is 0 Å². The largest absolute Gasteiger partial charge is 0.388 e. The number of imidazole rings is 1. The van der Waals surface area contributed by atoms with E-state index in [0.29, 0.717) is 6.42 Å². The third kappa shape index (κ3) is 2.45. The highest BCUT2D eigenvalue weighted by Gasteiger charge is 2.15. The molecular weight excluding hydrogens is 324 g/mol. The summed E-state index contributed by atoms with van der Waals surface area (Å²) >= 11 is 5.14. The molecule has 1 aromatic carbocycles. The van der Waals surface area contributed by atoms with Crippen LogP contribution in [0.5, 0.6) is 0 Å². The van der Waals surface area contributed by atoms with Crippen LogP contribution in [0.2, 0.25) is 0 Å². The van der Waals surface area contributed by atoms with E-state index in [-0.39, 0.29) is 0 Å². The second kappa shape index (κ2) is 5.07. The molecule has 1 atom stereocenters. The molecular formula is C14H13BrN2OS. The number of aliphatic hydroxyl groups is 1. The van der Waals surface area contributed by atoms with Crippen LogP contribution in [0.15, 0.2) is 40.4 Å². The number of halogens is 1. The molecule has 0 saturated carbocycles. The van der Waals surface area contributed by atoms with Crippen molar-refractivity contribution >= 4 is 32.2 Å². The van der Waals surface area contributed by atoms with E-state index in [0.717, 1.165) is 26.3 Å². The third-order valence-electron chi connectivity index (χ3n) is 3.13. The Balaban J connectivity index is 1.86. The predicted molar refractivity (Wildman–Crippen MR) is 80.6 cm³/mol. The smallest absolute Gasteiger partial charge is 0.193 e. The summed E-state index contributed by atoms with van der Waals surface area (Å²) in [7, 11) is 0. The maximum Gasteiger partial charge on any atom is 0.193 e. The fourth-order valence-corrected chi connectivity index (χ4v) is 3.36. The minimum absolute atomic E-state index is 0.524. The SMILES string of the molecule is Cc1cccc(C(O)Cc2cn3ccsc3n2)c1Br. The molecule has 2 heterocycles. The number of hydrogen-bond acceptors (Lipinski definition) is 3. The van der Waals surface area contributed by atoms with E-state index in [1.54, 1.807) is 11.3 Å². The number of aliphatic hydroxyl groups excluding tert-OH is 1. The van der Waals surface area contributed by atoms with E-state index in [4.69, 9.17) is 0 Å². The van der Waals surface area contributed by atoms with Crippen LogP contribution >= 0.6 is 27.3 Å². The van der Waals surface area contributed by atoms with Crippen LogP contribution in [-0.2, 0) is 6.42 Å². The first-order valence-corrected chi connectivity index (χ1v) is 7.66. The van der Waals surface area contributed by atoms with Gasteiger partial charge in [0.2, 0.25) is 0 Å².